The van der Waals surface area contributed by atoms with Crippen molar-refractivity contribution in [1.29, 1.82) is 0 Å². The van der Waals surface area contributed by atoms with E-state index < -0.39 is 16.9 Å². The van der Waals surface area contributed by atoms with Gasteiger partial charge in [-0.3, -0.25) is 4.79 Å². The number of aliphatic hydroxyl groups excluding tert-OH is 2. The van der Waals surface area contributed by atoms with Gasteiger partial charge < -0.3 is 14.9 Å². The Labute approximate surface area is 243 Å². The van der Waals surface area contributed by atoms with Gasteiger partial charge in [-0.1, -0.05) is 58.6 Å². The molecule has 4 heteroatoms. The predicted octanol–water partition coefficient (Wildman–Crippen LogP) is 7.65. The highest BCUT2D eigenvalue weighted by Gasteiger charge is 2.72. The molecule has 5 aliphatic carbocycles. The van der Waals surface area contributed by atoms with Crippen LogP contribution in [0.4, 0.5) is 0 Å². The lowest BCUT2D eigenvalue weighted by atomic mass is 9.32. The van der Waals surface area contributed by atoms with Crippen LogP contribution in [0.3, 0.4) is 0 Å². The largest absolute Gasteiger partial charge is 0.457 e. The van der Waals surface area contributed by atoms with Crippen LogP contribution in [0.2, 0.25) is 0 Å². The first-order valence-corrected chi connectivity index (χ1v) is 16.2. The van der Waals surface area contributed by atoms with E-state index in [0.29, 0.717) is 30.1 Å². The molecule has 5 rings (SSSR count). The van der Waals surface area contributed by atoms with Crippen LogP contribution < -0.4 is 0 Å². The number of hydrogen-bond acceptors (Lipinski definition) is 4. The van der Waals surface area contributed by atoms with Gasteiger partial charge in [0.15, 0.2) is 0 Å². The van der Waals surface area contributed by atoms with Crippen LogP contribution >= 0.6 is 0 Å². The quantitative estimate of drug-likeness (QED) is 0.251. The monoisotopic (exact) mass is 552 g/mol. The number of fused-ring (bicyclic) bond motifs is 7. The minimum atomic E-state index is -0.440. The maximum absolute atomic E-state index is 14.1. The third-order valence-corrected chi connectivity index (χ3v) is 14.5. The van der Waals surface area contributed by atoms with E-state index in [1.807, 2.05) is 6.08 Å². The minimum Gasteiger partial charge on any atom is -0.457 e. The zero-order valence-electron chi connectivity index (χ0n) is 26.0. The maximum atomic E-state index is 14.1. The molecule has 4 nitrogen and oxygen atoms in total. The second-order valence-corrected chi connectivity index (χ2v) is 15.8. The molecule has 0 amide bonds. The summed E-state index contributed by atoms with van der Waals surface area (Å²) in [6, 6.07) is 0. The van der Waals surface area contributed by atoms with E-state index in [1.54, 1.807) is 6.08 Å². The molecule has 0 heterocycles. The van der Waals surface area contributed by atoms with Crippen LogP contribution in [0.5, 0.6) is 0 Å². The topological polar surface area (TPSA) is 66.8 Å². The van der Waals surface area contributed by atoms with Crippen molar-refractivity contribution in [3.63, 3.8) is 0 Å². The van der Waals surface area contributed by atoms with E-state index in [9.17, 15) is 15.0 Å². The number of allylic oxidation sites excluding steroid dienone is 1. The first-order chi connectivity index (χ1) is 18.8. The molecule has 5 aliphatic rings. The fourth-order valence-electron chi connectivity index (χ4n) is 12.1. The molecule has 12 atom stereocenters. The minimum absolute atomic E-state index is 0.0158. The number of esters is 1. The van der Waals surface area contributed by atoms with E-state index in [2.05, 4.69) is 54.4 Å². The SMILES string of the molecule is C=CCC(C=C)OC(=O)[C@]12CC[C@@H](C(=C)C)C1C1CCC3[C@@]4(C)CC[C@H](O)[C@@](C)(CO)C4CC[C@@]3(C)[C@]1(C)CC2. The van der Waals surface area contributed by atoms with Crippen molar-refractivity contribution in [3.8, 4) is 0 Å². The number of aliphatic hydroxyl groups is 2. The number of carbonyl (C=O) groups is 1. The molecule has 5 unspecified atom stereocenters. The van der Waals surface area contributed by atoms with Crippen molar-refractivity contribution >= 4 is 5.97 Å². The summed E-state index contributed by atoms with van der Waals surface area (Å²) in [6.07, 6.45) is 13.6. The van der Waals surface area contributed by atoms with Crippen molar-refractivity contribution in [2.45, 2.75) is 117 Å². The Balaban J connectivity index is 1.52. The number of rotatable bonds is 7. The molecule has 224 valence electrons. The summed E-state index contributed by atoms with van der Waals surface area (Å²) in [7, 11) is 0. The van der Waals surface area contributed by atoms with Gasteiger partial charge in [0.05, 0.1) is 18.1 Å². The van der Waals surface area contributed by atoms with Gasteiger partial charge in [0, 0.05) is 11.8 Å². The molecule has 0 radical (unpaired) electrons. The molecule has 40 heavy (non-hydrogen) atoms. The Morgan fingerprint density at radius 1 is 0.950 bits per heavy atom. The summed E-state index contributed by atoms with van der Waals surface area (Å²) in [6.45, 7) is 24.2. The van der Waals surface area contributed by atoms with Crippen molar-refractivity contribution in [2.24, 2.45) is 56.7 Å². The fraction of sp³-hybridized carbons (Fsp3) is 0.806. The first kappa shape index (κ1) is 30.1. The zero-order chi connectivity index (χ0) is 29.3. The molecule has 0 bridgehead atoms. The van der Waals surface area contributed by atoms with Crippen LogP contribution in [0.1, 0.15) is 105 Å². The highest BCUT2D eigenvalue weighted by molar-refractivity contribution is 5.78. The Hall–Kier alpha value is -1.39. The van der Waals surface area contributed by atoms with E-state index in [0.717, 1.165) is 64.2 Å². The van der Waals surface area contributed by atoms with Gasteiger partial charge in [0.25, 0.3) is 0 Å². The molecule has 5 saturated carbocycles. The highest BCUT2D eigenvalue weighted by atomic mass is 16.5. The van der Waals surface area contributed by atoms with Crippen molar-refractivity contribution in [3.05, 3.63) is 37.5 Å². The number of carbonyl (C=O) groups excluding carboxylic acids is 1. The van der Waals surface area contributed by atoms with Crippen molar-refractivity contribution in [1.82, 2.24) is 0 Å². The van der Waals surface area contributed by atoms with Crippen LogP contribution in [0.25, 0.3) is 0 Å². The summed E-state index contributed by atoms with van der Waals surface area (Å²) >= 11 is 0. The Kier molecular flexibility index (Phi) is 7.60. The van der Waals surface area contributed by atoms with Gasteiger partial charge >= 0.3 is 5.97 Å². The summed E-state index contributed by atoms with van der Waals surface area (Å²) in [4.78, 5) is 14.1. The zero-order valence-corrected chi connectivity index (χ0v) is 26.0. The lowest BCUT2D eigenvalue weighted by molar-refractivity contribution is -0.254. The van der Waals surface area contributed by atoms with Gasteiger partial charge in [-0.05, 0) is 117 Å². The maximum Gasteiger partial charge on any atom is 0.312 e. The summed E-state index contributed by atoms with van der Waals surface area (Å²) in [5.74, 6) is 1.95. The third kappa shape index (κ3) is 3.86. The van der Waals surface area contributed by atoms with Crippen LogP contribution in [0.15, 0.2) is 37.5 Å². The van der Waals surface area contributed by atoms with Crippen molar-refractivity contribution in [2.75, 3.05) is 6.61 Å². The molecule has 5 fully saturated rings. The summed E-state index contributed by atoms with van der Waals surface area (Å²) in [5.41, 5.74) is 0.743. The Morgan fingerprint density at radius 3 is 2.30 bits per heavy atom. The normalized spacial score (nSPS) is 50.4. The lowest BCUT2D eigenvalue weighted by Crippen LogP contribution is -2.67. The van der Waals surface area contributed by atoms with E-state index in [4.69, 9.17) is 4.74 Å². The molecular weight excluding hydrogens is 496 g/mol. The van der Waals surface area contributed by atoms with Gasteiger partial charge in [0.1, 0.15) is 6.10 Å². The highest BCUT2D eigenvalue weighted by Crippen LogP contribution is 2.77. The molecule has 0 spiro atoms. The van der Waals surface area contributed by atoms with Gasteiger partial charge in [0.2, 0.25) is 0 Å². The van der Waals surface area contributed by atoms with Crippen LogP contribution in [0, 0.1) is 56.7 Å². The fourth-order valence-corrected chi connectivity index (χ4v) is 12.1. The molecule has 0 saturated heterocycles. The van der Waals surface area contributed by atoms with E-state index in [-0.39, 0.29) is 40.8 Å². The first-order valence-electron chi connectivity index (χ1n) is 16.2. The van der Waals surface area contributed by atoms with E-state index >= 15 is 0 Å². The molecule has 0 aromatic rings. The van der Waals surface area contributed by atoms with Crippen LogP contribution in [-0.4, -0.2) is 35.0 Å². The van der Waals surface area contributed by atoms with E-state index in [1.165, 1.54) is 5.57 Å². The molecule has 2 N–H and O–H groups in total. The Bertz CT molecular complexity index is 1050. The van der Waals surface area contributed by atoms with Crippen molar-refractivity contribution < 1.29 is 19.7 Å². The number of hydrogen-bond donors (Lipinski definition) is 2. The standard InChI is InChI=1S/C36H56O4/c1-9-11-24(10-2)40-31(39)36-19-14-25(23(3)4)30(36)26-12-13-28-32(5)17-16-29(38)33(6,22-37)27(32)15-18-35(28,8)34(26,7)20-21-36/h9-10,24-30,37-38H,1-3,11-22H2,4-8H3/t24?,25-,26?,27?,28?,29-,30?,32-,33-,34+,35+,36-/m0/s1. The van der Waals surface area contributed by atoms with Gasteiger partial charge in [-0.25, -0.2) is 0 Å². The third-order valence-electron chi connectivity index (χ3n) is 14.5. The average molecular weight is 553 g/mol. The molecule has 0 aromatic carbocycles. The molecule has 0 aromatic heterocycles. The van der Waals surface area contributed by atoms with Gasteiger partial charge in [-0.2, -0.15) is 0 Å². The predicted molar refractivity (Wildman–Crippen MR) is 161 cm³/mol. The van der Waals surface area contributed by atoms with Gasteiger partial charge in [-0.15, -0.1) is 6.58 Å². The summed E-state index contributed by atoms with van der Waals surface area (Å²) < 4.78 is 6.18. The second-order valence-electron chi connectivity index (χ2n) is 15.8. The molecule has 0 aliphatic heterocycles. The smallest absolute Gasteiger partial charge is 0.312 e. The average Bonchev–Trinajstić information content (AvgIpc) is 3.32. The van der Waals surface area contributed by atoms with Crippen LogP contribution in [-0.2, 0) is 9.53 Å². The number of ether oxygens (including phenoxy) is 1. The molecular formula is C36H56O4. The second kappa shape index (κ2) is 10.1. The summed E-state index contributed by atoms with van der Waals surface area (Å²) in [5, 5.41) is 21.6. The Morgan fingerprint density at radius 2 is 1.68 bits per heavy atom. The lowest BCUT2D eigenvalue weighted by Gasteiger charge is -2.72.